The molecule has 1 aromatic carbocycles. The van der Waals surface area contributed by atoms with Crippen molar-refractivity contribution in [3.05, 3.63) is 33.8 Å². The molecule has 0 bridgehead atoms. The van der Waals surface area contributed by atoms with Crippen molar-refractivity contribution in [3.63, 3.8) is 0 Å². The predicted molar refractivity (Wildman–Crippen MR) is 64.5 cm³/mol. The van der Waals surface area contributed by atoms with Gasteiger partial charge >= 0.3 is 0 Å². The lowest BCUT2D eigenvalue weighted by atomic mass is 10.0. The number of benzene rings is 1. The summed E-state index contributed by atoms with van der Waals surface area (Å²) in [6.45, 7) is 1.97. The highest BCUT2D eigenvalue weighted by Gasteiger charge is 2.13. The van der Waals surface area contributed by atoms with E-state index >= 15 is 0 Å². The van der Waals surface area contributed by atoms with Crippen LogP contribution in [0.1, 0.15) is 24.9 Å². The van der Waals surface area contributed by atoms with Gasteiger partial charge in [-0.25, -0.2) is 0 Å². The molecule has 0 saturated carbocycles. The molecule has 2 N–H and O–H groups in total. The summed E-state index contributed by atoms with van der Waals surface area (Å²) in [6.07, 6.45) is 0.825. The zero-order chi connectivity index (χ0) is 11.4. The minimum Gasteiger partial charge on any atom is -0.382 e. The Labute approximate surface area is 100 Å². The van der Waals surface area contributed by atoms with Crippen LogP contribution in [0.2, 0.25) is 10.0 Å². The molecule has 0 radical (unpaired) electrons. The molecule has 0 heterocycles. The lowest BCUT2D eigenvalue weighted by molar-refractivity contribution is 0.105. The molecule has 0 aromatic heterocycles. The number of halogens is 2. The van der Waals surface area contributed by atoms with E-state index in [9.17, 15) is 0 Å². The zero-order valence-corrected chi connectivity index (χ0v) is 10.3. The van der Waals surface area contributed by atoms with Gasteiger partial charge in [0.1, 0.15) is 0 Å². The van der Waals surface area contributed by atoms with Gasteiger partial charge < -0.3 is 10.5 Å². The maximum atomic E-state index is 6.04. The van der Waals surface area contributed by atoms with Crippen LogP contribution in [0.4, 0.5) is 0 Å². The molecule has 2 unspecified atom stereocenters. The Kier molecular flexibility index (Phi) is 4.87. The summed E-state index contributed by atoms with van der Waals surface area (Å²) >= 11 is 11.9. The highest BCUT2D eigenvalue weighted by atomic mass is 35.5. The zero-order valence-electron chi connectivity index (χ0n) is 8.84. The molecule has 0 fully saturated rings. The second kappa shape index (κ2) is 5.71. The summed E-state index contributed by atoms with van der Waals surface area (Å²) in [6, 6.07) is 5.17. The Morgan fingerprint density at radius 3 is 2.67 bits per heavy atom. The van der Waals surface area contributed by atoms with Crippen molar-refractivity contribution in [2.24, 2.45) is 5.73 Å². The largest absolute Gasteiger partial charge is 0.382 e. The van der Waals surface area contributed by atoms with E-state index in [4.69, 9.17) is 33.7 Å². The highest BCUT2D eigenvalue weighted by Crippen LogP contribution is 2.27. The molecule has 0 amide bonds. The third-order valence-corrected chi connectivity index (χ3v) is 2.93. The van der Waals surface area contributed by atoms with Crippen molar-refractivity contribution in [1.29, 1.82) is 0 Å². The third kappa shape index (κ3) is 3.65. The Bertz CT molecular complexity index is 330. The van der Waals surface area contributed by atoms with Crippen molar-refractivity contribution in [2.75, 3.05) is 7.11 Å². The molecule has 15 heavy (non-hydrogen) atoms. The third-order valence-electron chi connectivity index (χ3n) is 2.35. The number of methoxy groups -OCH3 is 1. The summed E-state index contributed by atoms with van der Waals surface area (Å²) < 4.78 is 5.16. The van der Waals surface area contributed by atoms with Crippen molar-refractivity contribution in [2.45, 2.75) is 25.5 Å². The van der Waals surface area contributed by atoms with E-state index in [0.29, 0.717) is 10.0 Å². The number of hydrogen-bond donors (Lipinski definition) is 1. The van der Waals surface area contributed by atoms with Crippen LogP contribution in [0.25, 0.3) is 0 Å². The molecule has 0 spiro atoms. The topological polar surface area (TPSA) is 35.2 Å². The van der Waals surface area contributed by atoms with Crippen molar-refractivity contribution < 1.29 is 4.74 Å². The highest BCUT2D eigenvalue weighted by molar-refractivity contribution is 6.33. The van der Waals surface area contributed by atoms with E-state index < -0.39 is 0 Å². The van der Waals surface area contributed by atoms with Crippen LogP contribution in [0.5, 0.6) is 0 Å². The second-order valence-corrected chi connectivity index (χ2v) is 4.40. The maximum absolute atomic E-state index is 6.04. The minimum absolute atomic E-state index is 0.107. The first-order valence-electron chi connectivity index (χ1n) is 4.78. The molecule has 1 rings (SSSR count). The first-order chi connectivity index (χ1) is 7.04. The first-order valence-corrected chi connectivity index (χ1v) is 5.53. The number of ether oxygens (including phenoxy) is 1. The van der Waals surface area contributed by atoms with E-state index in [1.54, 1.807) is 25.3 Å². The molecule has 1 aromatic rings. The fourth-order valence-electron chi connectivity index (χ4n) is 1.38. The lowest BCUT2D eigenvalue weighted by Crippen LogP contribution is -2.18. The number of hydrogen-bond acceptors (Lipinski definition) is 2. The quantitative estimate of drug-likeness (QED) is 0.886. The van der Waals surface area contributed by atoms with Crippen LogP contribution in [0.3, 0.4) is 0 Å². The fraction of sp³-hybridized carbons (Fsp3) is 0.455. The van der Waals surface area contributed by atoms with Gasteiger partial charge in [-0.15, -0.1) is 0 Å². The van der Waals surface area contributed by atoms with E-state index in [-0.39, 0.29) is 12.1 Å². The van der Waals surface area contributed by atoms with Gasteiger partial charge in [0.25, 0.3) is 0 Å². The number of rotatable bonds is 4. The average molecular weight is 248 g/mol. The van der Waals surface area contributed by atoms with Crippen LogP contribution in [-0.4, -0.2) is 13.2 Å². The maximum Gasteiger partial charge on any atom is 0.0561 e. The van der Waals surface area contributed by atoms with Gasteiger partial charge in [0.15, 0.2) is 0 Å². The van der Waals surface area contributed by atoms with Crippen molar-refractivity contribution >= 4 is 23.2 Å². The van der Waals surface area contributed by atoms with E-state index in [2.05, 4.69) is 0 Å². The summed E-state index contributed by atoms with van der Waals surface area (Å²) in [5.74, 6) is 0. The Hall–Kier alpha value is -0.280. The molecule has 4 heteroatoms. The van der Waals surface area contributed by atoms with E-state index in [1.165, 1.54) is 0 Å². The van der Waals surface area contributed by atoms with Gasteiger partial charge in [0.2, 0.25) is 0 Å². The van der Waals surface area contributed by atoms with Crippen LogP contribution < -0.4 is 5.73 Å². The van der Waals surface area contributed by atoms with Crippen molar-refractivity contribution in [3.8, 4) is 0 Å². The van der Waals surface area contributed by atoms with E-state index in [1.807, 2.05) is 6.92 Å². The van der Waals surface area contributed by atoms with Gasteiger partial charge in [-0.05, 0) is 37.1 Å². The standard InChI is InChI=1S/C11H15Cl2NO/c1-7(15-2)5-11(14)9-6-8(12)3-4-10(9)13/h3-4,6-7,11H,5,14H2,1-2H3. The summed E-state index contributed by atoms with van der Waals surface area (Å²) in [5.41, 5.74) is 6.89. The lowest BCUT2D eigenvalue weighted by Gasteiger charge is -2.17. The van der Waals surface area contributed by atoms with Crippen LogP contribution in [0, 0.1) is 0 Å². The summed E-state index contributed by atoms with van der Waals surface area (Å²) in [5, 5.41) is 1.30. The SMILES string of the molecule is COC(C)CC(N)c1cc(Cl)ccc1Cl. The predicted octanol–water partition coefficient (Wildman–Crippen LogP) is 3.42. The van der Waals surface area contributed by atoms with Crippen LogP contribution in [-0.2, 0) is 4.74 Å². The molecule has 0 saturated heterocycles. The monoisotopic (exact) mass is 247 g/mol. The molecule has 0 aliphatic carbocycles. The van der Waals surface area contributed by atoms with Crippen LogP contribution in [0.15, 0.2) is 18.2 Å². The first kappa shape index (κ1) is 12.8. The molecular formula is C11H15Cl2NO. The smallest absolute Gasteiger partial charge is 0.0561 e. The van der Waals surface area contributed by atoms with E-state index in [0.717, 1.165) is 12.0 Å². The van der Waals surface area contributed by atoms with Crippen molar-refractivity contribution in [1.82, 2.24) is 0 Å². The van der Waals surface area contributed by atoms with Gasteiger partial charge in [-0.2, -0.15) is 0 Å². The van der Waals surface area contributed by atoms with Gasteiger partial charge in [0.05, 0.1) is 6.10 Å². The molecule has 84 valence electrons. The van der Waals surface area contributed by atoms with Gasteiger partial charge in [-0.3, -0.25) is 0 Å². The van der Waals surface area contributed by atoms with Crippen LogP contribution >= 0.6 is 23.2 Å². The average Bonchev–Trinajstić information content (AvgIpc) is 2.21. The molecule has 2 atom stereocenters. The molecule has 0 aliphatic rings. The molecule has 2 nitrogen and oxygen atoms in total. The van der Waals surface area contributed by atoms with Gasteiger partial charge in [0, 0.05) is 23.2 Å². The molecule has 0 aliphatic heterocycles. The Morgan fingerprint density at radius 2 is 2.07 bits per heavy atom. The van der Waals surface area contributed by atoms with Gasteiger partial charge in [-0.1, -0.05) is 23.2 Å². The minimum atomic E-state index is -0.147. The summed E-state index contributed by atoms with van der Waals surface area (Å²) in [4.78, 5) is 0. The normalized spacial score (nSPS) is 15.0. The second-order valence-electron chi connectivity index (χ2n) is 3.55. The molecular weight excluding hydrogens is 233 g/mol. The summed E-state index contributed by atoms with van der Waals surface area (Å²) in [7, 11) is 1.66. The fourth-order valence-corrected chi connectivity index (χ4v) is 1.82. The number of nitrogens with two attached hydrogens (primary N) is 1. The Balaban J connectivity index is 2.80. The Morgan fingerprint density at radius 1 is 1.40 bits per heavy atom.